The molecular weight excluding hydrogens is 232 g/mol. The van der Waals surface area contributed by atoms with Crippen LogP contribution in [0.1, 0.15) is 28.6 Å². The third-order valence-corrected chi connectivity index (χ3v) is 2.38. The van der Waals surface area contributed by atoms with Crippen LogP contribution in [0.5, 0.6) is 0 Å². The van der Waals surface area contributed by atoms with E-state index in [1.165, 1.54) is 13.8 Å². The van der Waals surface area contributed by atoms with Crippen molar-refractivity contribution < 1.29 is 17.6 Å². The summed E-state index contributed by atoms with van der Waals surface area (Å²) in [6.07, 6.45) is 0.930. The van der Waals surface area contributed by atoms with E-state index in [9.17, 15) is 13.2 Å². The van der Waals surface area contributed by atoms with Gasteiger partial charge in [-0.1, -0.05) is 0 Å². The van der Waals surface area contributed by atoms with E-state index in [0.717, 1.165) is 6.26 Å². The van der Waals surface area contributed by atoms with Crippen LogP contribution in [0.2, 0.25) is 0 Å². The molecule has 0 saturated carbocycles. The van der Waals surface area contributed by atoms with Crippen LogP contribution in [0, 0.1) is 18.3 Å². The van der Waals surface area contributed by atoms with E-state index in [4.69, 9.17) is 9.68 Å². The highest BCUT2D eigenvalue weighted by Gasteiger charge is 2.22. The van der Waals surface area contributed by atoms with Crippen molar-refractivity contribution in [3.8, 4) is 6.07 Å². The first-order valence-corrected chi connectivity index (χ1v) is 6.17. The summed E-state index contributed by atoms with van der Waals surface area (Å²) in [7, 11) is -3.55. The predicted octanol–water partition coefficient (Wildman–Crippen LogP) is 1.03. The Morgan fingerprint density at radius 2 is 2.06 bits per heavy atom. The number of anilines is 1. The summed E-state index contributed by atoms with van der Waals surface area (Å²) in [5.74, 6) is -0.345. The number of rotatable bonds is 3. The molecule has 0 fully saturated rings. The molecule has 0 aliphatic rings. The number of aryl methyl sites for hydroxylation is 1. The summed E-state index contributed by atoms with van der Waals surface area (Å²) in [5.41, 5.74) is 0.0177. The molecule has 0 unspecified atom stereocenters. The maximum absolute atomic E-state index is 11.2. The molecule has 86 valence electrons. The lowest BCUT2D eigenvalue weighted by molar-refractivity contribution is 0.101. The van der Waals surface area contributed by atoms with Crippen LogP contribution < -0.4 is 4.72 Å². The van der Waals surface area contributed by atoms with Crippen molar-refractivity contribution in [2.75, 3.05) is 11.0 Å². The molecule has 1 N–H and O–H groups in total. The van der Waals surface area contributed by atoms with E-state index in [1.54, 1.807) is 6.07 Å². The van der Waals surface area contributed by atoms with Gasteiger partial charge in [-0.05, 0) is 13.8 Å². The van der Waals surface area contributed by atoms with Crippen LogP contribution in [0.25, 0.3) is 0 Å². The fourth-order valence-electron chi connectivity index (χ4n) is 1.32. The molecule has 16 heavy (non-hydrogen) atoms. The fourth-order valence-corrected chi connectivity index (χ4v) is 1.80. The summed E-state index contributed by atoms with van der Waals surface area (Å²) in [5, 5.41) is 8.86. The quantitative estimate of drug-likeness (QED) is 0.798. The molecule has 7 heteroatoms. The lowest BCUT2D eigenvalue weighted by Crippen LogP contribution is -2.10. The Morgan fingerprint density at radius 1 is 1.50 bits per heavy atom. The highest BCUT2D eigenvalue weighted by atomic mass is 32.2. The van der Waals surface area contributed by atoms with E-state index < -0.39 is 10.0 Å². The second kappa shape index (κ2) is 3.98. The molecule has 0 spiro atoms. The van der Waals surface area contributed by atoms with Crippen molar-refractivity contribution in [3.63, 3.8) is 0 Å². The van der Waals surface area contributed by atoms with Gasteiger partial charge >= 0.3 is 0 Å². The standard InChI is InChI=1S/C9H10N2O4S/c1-5(12)8-6(2)15-9(7(8)4-10)11-16(3,13)14/h11H,1-3H3. The second-order valence-electron chi connectivity index (χ2n) is 3.28. The zero-order valence-electron chi connectivity index (χ0n) is 8.99. The smallest absolute Gasteiger partial charge is 0.232 e. The van der Waals surface area contributed by atoms with Gasteiger partial charge in [-0.25, -0.2) is 8.42 Å². The zero-order chi connectivity index (χ0) is 12.5. The highest BCUT2D eigenvalue weighted by Crippen LogP contribution is 2.27. The van der Waals surface area contributed by atoms with E-state index >= 15 is 0 Å². The number of sulfonamides is 1. The topological polar surface area (TPSA) is 100 Å². The number of nitrogens with one attached hydrogen (secondary N) is 1. The molecule has 0 aromatic carbocycles. The van der Waals surface area contributed by atoms with Gasteiger partial charge < -0.3 is 4.42 Å². The van der Waals surface area contributed by atoms with Crippen LogP contribution in [0.4, 0.5) is 5.88 Å². The minimum Gasteiger partial charge on any atom is -0.443 e. The van der Waals surface area contributed by atoms with Gasteiger partial charge in [0.1, 0.15) is 17.4 Å². The molecule has 1 heterocycles. The van der Waals surface area contributed by atoms with Crippen molar-refractivity contribution in [1.82, 2.24) is 0 Å². The van der Waals surface area contributed by atoms with Crippen LogP contribution in [0.3, 0.4) is 0 Å². The first-order chi connectivity index (χ1) is 7.26. The Balaban J connectivity index is 3.40. The number of furan rings is 1. The largest absolute Gasteiger partial charge is 0.443 e. The van der Waals surface area contributed by atoms with E-state index in [-0.39, 0.29) is 28.6 Å². The van der Waals surface area contributed by atoms with Gasteiger partial charge in [0, 0.05) is 0 Å². The maximum Gasteiger partial charge on any atom is 0.232 e. The summed E-state index contributed by atoms with van der Waals surface area (Å²) >= 11 is 0. The van der Waals surface area contributed by atoms with Gasteiger partial charge in [0.05, 0.1) is 11.8 Å². The van der Waals surface area contributed by atoms with Gasteiger partial charge in [0.15, 0.2) is 5.78 Å². The maximum atomic E-state index is 11.2. The summed E-state index contributed by atoms with van der Waals surface area (Å²) in [4.78, 5) is 11.2. The number of carbonyl (C=O) groups is 1. The predicted molar refractivity (Wildman–Crippen MR) is 56.6 cm³/mol. The third-order valence-electron chi connectivity index (χ3n) is 1.83. The minimum absolute atomic E-state index is 0.0876. The lowest BCUT2D eigenvalue weighted by atomic mass is 10.1. The Morgan fingerprint density at radius 3 is 2.44 bits per heavy atom. The molecule has 1 aromatic rings. The molecule has 0 amide bonds. The van der Waals surface area contributed by atoms with Gasteiger partial charge in [-0.3, -0.25) is 9.52 Å². The number of nitriles is 1. The molecule has 0 saturated heterocycles. The zero-order valence-corrected chi connectivity index (χ0v) is 9.80. The van der Waals surface area contributed by atoms with E-state index in [2.05, 4.69) is 0 Å². The molecule has 0 atom stereocenters. The van der Waals surface area contributed by atoms with Crippen molar-refractivity contribution in [2.45, 2.75) is 13.8 Å². The first-order valence-electron chi connectivity index (χ1n) is 4.28. The number of hydrogen-bond acceptors (Lipinski definition) is 5. The van der Waals surface area contributed by atoms with Gasteiger partial charge in [-0.15, -0.1) is 0 Å². The molecular formula is C9H10N2O4S. The van der Waals surface area contributed by atoms with E-state index in [0.29, 0.717) is 0 Å². The van der Waals surface area contributed by atoms with Crippen molar-refractivity contribution in [3.05, 3.63) is 16.9 Å². The molecule has 0 aliphatic heterocycles. The highest BCUT2D eigenvalue weighted by molar-refractivity contribution is 7.92. The number of nitrogens with zero attached hydrogens (tertiary/aromatic N) is 1. The lowest BCUT2D eigenvalue weighted by Gasteiger charge is -1.98. The van der Waals surface area contributed by atoms with Gasteiger partial charge in [0.25, 0.3) is 0 Å². The molecule has 0 aliphatic carbocycles. The Bertz CT molecular complexity index is 577. The third kappa shape index (κ3) is 2.41. The van der Waals surface area contributed by atoms with Crippen LogP contribution in [0.15, 0.2) is 4.42 Å². The number of ketones is 1. The number of Topliss-reactive ketones (excluding diaryl/α,β-unsaturated/α-hetero) is 1. The molecule has 6 nitrogen and oxygen atoms in total. The minimum atomic E-state index is -3.55. The van der Waals surface area contributed by atoms with Gasteiger partial charge in [-0.2, -0.15) is 5.26 Å². The molecule has 1 aromatic heterocycles. The summed E-state index contributed by atoms with van der Waals surface area (Å²) in [6, 6.07) is 1.75. The monoisotopic (exact) mass is 242 g/mol. The normalized spacial score (nSPS) is 10.9. The fraction of sp³-hybridized carbons (Fsp3) is 0.333. The van der Waals surface area contributed by atoms with E-state index in [1.807, 2.05) is 4.72 Å². The average molecular weight is 242 g/mol. The van der Waals surface area contributed by atoms with Gasteiger partial charge in [0.2, 0.25) is 15.9 Å². The molecule has 1 rings (SSSR count). The molecule has 0 bridgehead atoms. The van der Waals surface area contributed by atoms with Crippen molar-refractivity contribution >= 4 is 21.7 Å². The van der Waals surface area contributed by atoms with Crippen LogP contribution >= 0.6 is 0 Å². The van der Waals surface area contributed by atoms with Crippen LogP contribution in [-0.2, 0) is 10.0 Å². The Labute approximate surface area is 92.9 Å². The number of carbonyl (C=O) groups excluding carboxylic acids is 1. The Hall–Kier alpha value is -1.81. The summed E-state index contributed by atoms with van der Waals surface area (Å²) < 4.78 is 29.1. The second-order valence-corrected chi connectivity index (χ2v) is 5.03. The Kier molecular flexibility index (Phi) is 3.05. The number of hydrogen-bond donors (Lipinski definition) is 1. The van der Waals surface area contributed by atoms with Crippen molar-refractivity contribution in [2.24, 2.45) is 0 Å². The molecule has 0 radical (unpaired) electrons. The summed E-state index contributed by atoms with van der Waals surface area (Å²) in [6.45, 7) is 2.77. The first kappa shape index (κ1) is 12.3. The SMILES string of the molecule is CC(=O)c1c(C)oc(NS(C)(=O)=O)c1C#N. The van der Waals surface area contributed by atoms with Crippen LogP contribution in [-0.4, -0.2) is 20.5 Å². The van der Waals surface area contributed by atoms with Crippen molar-refractivity contribution in [1.29, 1.82) is 5.26 Å². The average Bonchev–Trinajstić information content (AvgIpc) is 2.38.